The number of carbonyl (C=O) groups is 1. The zero-order chi connectivity index (χ0) is 14.0. The van der Waals surface area contributed by atoms with E-state index >= 15 is 0 Å². The lowest BCUT2D eigenvalue weighted by Gasteiger charge is -2.05. The molecule has 0 atom stereocenters. The van der Waals surface area contributed by atoms with E-state index in [1.54, 1.807) is 12.1 Å². The smallest absolute Gasteiger partial charge is 0.196 e. The summed E-state index contributed by atoms with van der Waals surface area (Å²) in [5, 5.41) is 0. The van der Waals surface area contributed by atoms with Crippen LogP contribution in [0.15, 0.2) is 36.4 Å². The highest BCUT2D eigenvalue weighted by atomic mass is 19.2. The molecule has 2 aromatic rings. The maximum Gasteiger partial charge on any atom is 0.196 e. The Bertz CT molecular complexity index is 635. The van der Waals surface area contributed by atoms with Gasteiger partial charge in [0.2, 0.25) is 0 Å². The molecule has 0 aliphatic rings. The van der Waals surface area contributed by atoms with E-state index in [1.165, 1.54) is 6.07 Å². The van der Waals surface area contributed by atoms with Gasteiger partial charge in [0, 0.05) is 5.56 Å². The Balaban J connectivity index is 2.47. The highest BCUT2D eigenvalue weighted by molar-refractivity contribution is 6.09. The van der Waals surface area contributed by atoms with Crippen LogP contribution < -0.4 is 0 Å². The minimum atomic E-state index is -1.63. The summed E-state index contributed by atoms with van der Waals surface area (Å²) < 4.78 is 39.5. The van der Waals surface area contributed by atoms with Crippen molar-refractivity contribution in [2.24, 2.45) is 0 Å². The highest BCUT2D eigenvalue weighted by Gasteiger charge is 2.19. The number of benzene rings is 2. The SMILES string of the molecule is CCc1cccc(C(=O)c2ccc(F)c(F)c2F)c1. The van der Waals surface area contributed by atoms with Crippen molar-refractivity contribution >= 4 is 5.78 Å². The van der Waals surface area contributed by atoms with Gasteiger partial charge < -0.3 is 0 Å². The summed E-state index contributed by atoms with van der Waals surface area (Å²) in [7, 11) is 0. The summed E-state index contributed by atoms with van der Waals surface area (Å²) in [5.74, 6) is -5.05. The Labute approximate surface area is 108 Å². The number of aryl methyl sites for hydroxylation is 1. The van der Waals surface area contributed by atoms with Crippen molar-refractivity contribution in [2.45, 2.75) is 13.3 Å². The van der Waals surface area contributed by atoms with Crippen LogP contribution in [0, 0.1) is 17.5 Å². The summed E-state index contributed by atoms with van der Waals surface area (Å²) in [4.78, 5) is 12.1. The van der Waals surface area contributed by atoms with Crippen LogP contribution in [0.2, 0.25) is 0 Å². The largest absolute Gasteiger partial charge is 0.288 e. The molecule has 0 saturated heterocycles. The lowest BCUT2D eigenvalue weighted by Crippen LogP contribution is -2.07. The Morgan fingerprint density at radius 2 is 1.79 bits per heavy atom. The van der Waals surface area contributed by atoms with Gasteiger partial charge in [-0.1, -0.05) is 25.1 Å². The number of hydrogen-bond acceptors (Lipinski definition) is 1. The third-order valence-corrected chi connectivity index (χ3v) is 2.88. The minimum absolute atomic E-state index is 0.254. The van der Waals surface area contributed by atoms with Crippen LogP contribution in [-0.4, -0.2) is 5.78 Å². The molecule has 0 amide bonds. The van der Waals surface area contributed by atoms with Gasteiger partial charge in [-0.2, -0.15) is 0 Å². The lowest BCUT2D eigenvalue weighted by molar-refractivity contribution is 0.103. The number of ketones is 1. The second-order valence-corrected chi connectivity index (χ2v) is 4.11. The van der Waals surface area contributed by atoms with Gasteiger partial charge in [-0.15, -0.1) is 0 Å². The number of carbonyl (C=O) groups excluding carboxylic acids is 1. The summed E-state index contributed by atoms with van der Waals surface area (Å²) >= 11 is 0. The first-order valence-corrected chi connectivity index (χ1v) is 5.81. The molecule has 0 aliphatic carbocycles. The monoisotopic (exact) mass is 264 g/mol. The topological polar surface area (TPSA) is 17.1 Å². The molecule has 4 heteroatoms. The van der Waals surface area contributed by atoms with E-state index < -0.39 is 28.8 Å². The van der Waals surface area contributed by atoms with E-state index in [1.807, 2.05) is 13.0 Å². The van der Waals surface area contributed by atoms with E-state index in [0.29, 0.717) is 0 Å². The van der Waals surface area contributed by atoms with Crippen molar-refractivity contribution in [1.29, 1.82) is 0 Å². The minimum Gasteiger partial charge on any atom is -0.288 e. The van der Waals surface area contributed by atoms with Gasteiger partial charge in [-0.25, -0.2) is 13.2 Å². The van der Waals surface area contributed by atoms with Crippen LogP contribution in [-0.2, 0) is 6.42 Å². The van der Waals surface area contributed by atoms with Gasteiger partial charge in [0.25, 0.3) is 0 Å². The molecule has 0 N–H and O–H groups in total. The van der Waals surface area contributed by atoms with Gasteiger partial charge >= 0.3 is 0 Å². The highest BCUT2D eigenvalue weighted by Crippen LogP contribution is 2.19. The molecule has 2 rings (SSSR count). The van der Waals surface area contributed by atoms with Crippen LogP contribution in [0.3, 0.4) is 0 Å². The molecule has 0 spiro atoms. The van der Waals surface area contributed by atoms with E-state index in [-0.39, 0.29) is 5.56 Å². The molecular weight excluding hydrogens is 253 g/mol. The zero-order valence-electron chi connectivity index (χ0n) is 10.2. The van der Waals surface area contributed by atoms with Crippen LogP contribution in [0.1, 0.15) is 28.4 Å². The van der Waals surface area contributed by atoms with E-state index in [4.69, 9.17) is 0 Å². The molecule has 98 valence electrons. The van der Waals surface area contributed by atoms with Crippen LogP contribution in [0.5, 0.6) is 0 Å². The van der Waals surface area contributed by atoms with E-state index in [9.17, 15) is 18.0 Å². The van der Waals surface area contributed by atoms with Crippen LogP contribution in [0.25, 0.3) is 0 Å². The maximum atomic E-state index is 13.5. The van der Waals surface area contributed by atoms with Crippen molar-refractivity contribution in [1.82, 2.24) is 0 Å². The van der Waals surface area contributed by atoms with Gasteiger partial charge in [-0.3, -0.25) is 4.79 Å². The normalized spacial score (nSPS) is 10.5. The third-order valence-electron chi connectivity index (χ3n) is 2.88. The Morgan fingerprint density at radius 1 is 1.05 bits per heavy atom. The molecule has 0 aliphatic heterocycles. The first-order valence-electron chi connectivity index (χ1n) is 5.81. The zero-order valence-corrected chi connectivity index (χ0v) is 10.2. The lowest BCUT2D eigenvalue weighted by atomic mass is 10.00. The fourth-order valence-corrected chi connectivity index (χ4v) is 1.79. The maximum absolute atomic E-state index is 13.5. The van der Waals surface area contributed by atoms with Crippen molar-refractivity contribution in [3.63, 3.8) is 0 Å². The third kappa shape index (κ3) is 2.52. The predicted molar refractivity (Wildman–Crippen MR) is 65.6 cm³/mol. The fourth-order valence-electron chi connectivity index (χ4n) is 1.79. The quantitative estimate of drug-likeness (QED) is 0.607. The summed E-state index contributed by atoms with van der Waals surface area (Å²) in [5.41, 5.74) is 0.699. The van der Waals surface area contributed by atoms with Crippen molar-refractivity contribution in [3.8, 4) is 0 Å². The van der Waals surface area contributed by atoms with Gasteiger partial charge in [0.1, 0.15) is 0 Å². The molecule has 19 heavy (non-hydrogen) atoms. The molecule has 0 unspecified atom stereocenters. The number of halogens is 3. The van der Waals surface area contributed by atoms with Crippen molar-refractivity contribution in [3.05, 3.63) is 70.5 Å². The average Bonchev–Trinajstić information content (AvgIpc) is 2.44. The molecular formula is C15H11F3O. The van der Waals surface area contributed by atoms with Crippen molar-refractivity contribution < 1.29 is 18.0 Å². The molecule has 0 bridgehead atoms. The average molecular weight is 264 g/mol. The van der Waals surface area contributed by atoms with Gasteiger partial charge in [-0.05, 0) is 30.2 Å². The number of rotatable bonds is 3. The Kier molecular flexibility index (Phi) is 3.69. The van der Waals surface area contributed by atoms with Crippen molar-refractivity contribution in [2.75, 3.05) is 0 Å². The first kappa shape index (κ1) is 13.3. The number of hydrogen-bond donors (Lipinski definition) is 0. The second kappa shape index (κ2) is 5.26. The predicted octanol–water partition coefficient (Wildman–Crippen LogP) is 3.90. The Hall–Kier alpha value is -2.10. The summed E-state index contributed by atoms with van der Waals surface area (Å²) in [6.45, 7) is 1.92. The molecule has 0 radical (unpaired) electrons. The van der Waals surface area contributed by atoms with Crippen LogP contribution in [0.4, 0.5) is 13.2 Å². The van der Waals surface area contributed by atoms with Gasteiger partial charge in [0.15, 0.2) is 23.2 Å². The van der Waals surface area contributed by atoms with E-state index in [2.05, 4.69) is 0 Å². The molecule has 0 aromatic heterocycles. The first-order chi connectivity index (χ1) is 9.04. The summed E-state index contributed by atoms with van der Waals surface area (Å²) in [6.07, 6.45) is 0.724. The Morgan fingerprint density at radius 3 is 2.47 bits per heavy atom. The molecule has 1 nitrogen and oxygen atoms in total. The molecule has 0 saturated carbocycles. The molecule has 0 fully saturated rings. The standard InChI is InChI=1S/C15H11F3O/c1-2-9-4-3-5-10(8-9)15(19)11-6-7-12(16)14(18)13(11)17/h3-8H,2H2,1H3. The fraction of sp³-hybridized carbons (Fsp3) is 0.133. The van der Waals surface area contributed by atoms with Gasteiger partial charge in [0.05, 0.1) is 5.56 Å². The summed E-state index contributed by atoms with van der Waals surface area (Å²) in [6, 6.07) is 8.33. The molecule has 0 heterocycles. The van der Waals surface area contributed by atoms with E-state index in [0.717, 1.165) is 24.1 Å². The molecule has 2 aromatic carbocycles. The van der Waals surface area contributed by atoms with Crippen LogP contribution >= 0.6 is 0 Å². The second-order valence-electron chi connectivity index (χ2n) is 4.11.